The van der Waals surface area contributed by atoms with E-state index in [-0.39, 0.29) is 29.7 Å². The fourth-order valence-electron chi connectivity index (χ4n) is 2.78. The average Bonchev–Trinajstić information content (AvgIpc) is 2.58. The number of benzene rings is 1. The monoisotopic (exact) mass is 508 g/mol. The van der Waals surface area contributed by atoms with Crippen LogP contribution in [-0.4, -0.2) is 46.3 Å². The van der Waals surface area contributed by atoms with Crippen LogP contribution >= 0.6 is 24.0 Å². The molecule has 154 valence electrons. The van der Waals surface area contributed by atoms with Gasteiger partial charge in [-0.1, -0.05) is 36.8 Å². The summed E-state index contributed by atoms with van der Waals surface area (Å²) in [5.41, 5.74) is 1.31. The maximum Gasteiger partial charge on any atom is 0.213 e. The van der Waals surface area contributed by atoms with Gasteiger partial charge in [-0.25, -0.2) is 13.1 Å². The third-order valence-electron chi connectivity index (χ3n) is 4.56. The SMILES string of the molecule is CCNC(=NCCCc1ccccc1)NCCS(=O)(=O)NCC1CCC1.I. The van der Waals surface area contributed by atoms with Crippen molar-refractivity contribution in [1.29, 1.82) is 0 Å². The van der Waals surface area contributed by atoms with Crippen molar-refractivity contribution in [1.82, 2.24) is 15.4 Å². The van der Waals surface area contributed by atoms with Crippen molar-refractivity contribution < 1.29 is 8.42 Å². The van der Waals surface area contributed by atoms with Gasteiger partial charge >= 0.3 is 0 Å². The van der Waals surface area contributed by atoms with Gasteiger partial charge in [0.05, 0.1) is 5.75 Å². The second kappa shape index (κ2) is 13.3. The first kappa shape index (κ1) is 24.2. The highest BCUT2D eigenvalue weighted by Crippen LogP contribution is 2.25. The zero-order chi connectivity index (χ0) is 18.7. The van der Waals surface area contributed by atoms with Crippen molar-refractivity contribution in [3.05, 3.63) is 35.9 Å². The second-order valence-corrected chi connectivity index (χ2v) is 8.67. The maximum absolute atomic E-state index is 12.0. The first-order valence-corrected chi connectivity index (χ1v) is 11.3. The Labute approximate surface area is 181 Å². The third-order valence-corrected chi connectivity index (χ3v) is 5.91. The maximum atomic E-state index is 12.0. The van der Waals surface area contributed by atoms with E-state index in [4.69, 9.17) is 0 Å². The third kappa shape index (κ3) is 10.3. The summed E-state index contributed by atoms with van der Waals surface area (Å²) in [4.78, 5) is 4.52. The van der Waals surface area contributed by atoms with E-state index in [0.717, 1.165) is 32.2 Å². The zero-order valence-electron chi connectivity index (χ0n) is 16.1. The predicted molar refractivity (Wildman–Crippen MR) is 123 cm³/mol. The summed E-state index contributed by atoms with van der Waals surface area (Å²) >= 11 is 0. The number of hydrogen-bond acceptors (Lipinski definition) is 3. The van der Waals surface area contributed by atoms with E-state index in [1.54, 1.807) is 0 Å². The molecule has 1 aromatic carbocycles. The molecule has 1 fully saturated rings. The van der Waals surface area contributed by atoms with Crippen LogP contribution in [0.3, 0.4) is 0 Å². The van der Waals surface area contributed by atoms with Crippen LogP contribution < -0.4 is 15.4 Å². The van der Waals surface area contributed by atoms with Crippen molar-refractivity contribution in [3.63, 3.8) is 0 Å². The van der Waals surface area contributed by atoms with Gasteiger partial charge in [0.25, 0.3) is 0 Å². The van der Waals surface area contributed by atoms with Gasteiger partial charge in [-0.05, 0) is 44.1 Å². The van der Waals surface area contributed by atoms with E-state index in [0.29, 0.717) is 31.5 Å². The summed E-state index contributed by atoms with van der Waals surface area (Å²) < 4.78 is 26.7. The van der Waals surface area contributed by atoms with Gasteiger partial charge in [-0.15, -0.1) is 24.0 Å². The fraction of sp³-hybridized carbons (Fsp3) is 0.632. The lowest BCUT2D eigenvalue weighted by Gasteiger charge is -2.25. The Bertz CT molecular complexity index is 649. The Hall–Kier alpha value is -0.870. The van der Waals surface area contributed by atoms with Crippen molar-refractivity contribution in [3.8, 4) is 0 Å². The predicted octanol–water partition coefficient (Wildman–Crippen LogP) is 2.51. The molecule has 27 heavy (non-hydrogen) atoms. The summed E-state index contributed by atoms with van der Waals surface area (Å²) in [6.07, 6.45) is 5.45. The Morgan fingerprint density at radius 3 is 2.56 bits per heavy atom. The molecule has 1 saturated carbocycles. The molecule has 1 aliphatic carbocycles. The average molecular weight is 508 g/mol. The van der Waals surface area contributed by atoms with Gasteiger partial charge in [0.2, 0.25) is 10.0 Å². The molecule has 0 bridgehead atoms. The van der Waals surface area contributed by atoms with Gasteiger partial charge in [0.15, 0.2) is 5.96 Å². The Morgan fingerprint density at radius 2 is 1.93 bits per heavy atom. The molecular formula is C19H33IN4O2S. The van der Waals surface area contributed by atoms with Gasteiger partial charge in [0, 0.05) is 26.2 Å². The number of hydrogen-bond donors (Lipinski definition) is 3. The van der Waals surface area contributed by atoms with E-state index in [9.17, 15) is 8.42 Å². The lowest BCUT2D eigenvalue weighted by Crippen LogP contribution is -2.42. The summed E-state index contributed by atoms with van der Waals surface area (Å²) in [6.45, 7) is 4.38. The zero-order valence-corrected chi connectivity index (χ0v) is 19.3. The fourth-order valence-corrected chi connectivity index (χ4v) is 3.78. The number of nitrogens with one attached hydrogen (secondary N) is 3. The van der Waals surface area contributed by atoms with Gasteiger partial charge in [-0.3, -0.25) is 4.99 Å². The molecule has 0 spiro atoms. The minimum atomic E-state index is -3.22. The molecule has 0 atom stereocenters. The van der Waals surface area contributed by atoms with Crippen LogP contribution in [0.2, 0.25) is 0 Å². The first-order valence-electron chi connectivity index (χ1n) is 9.62. The van der Waals surface area contributed by atoms with Crippen LogP contribution in [0.5, 0.6) is 0 Å². The molecule has 0 unspecified atom stereocenters. The lowest BCUT2D eigenvalue weighted by atomic mass is 9.86. The second-order valence-electron chi connectivity index (χ2n) is 6.74. The molecule has 6 nitrogen and oxygen atoms in total. The summed E-state index contributed by atoms with van der Waals surface area (Å²) in [5.74, 6) is 1.27. The van der Waals surface area contributed by atoms with E-state index in [2.05, 4.69) is 32.5 Å². The first-order chi connectivity index (χ1) is 12.6. The number of aliphatic imine (C=N–C) groups is 1. The Kier molecular flexibility index (Phi) is 11.9. The summed E-state index contributed by atoms with van der Waals surface area (Å²) in [5, 5.41) is 6.27. The summed E-state index contributed by atoms with van der Waals surface area (Å²) in [7, 11) is -3.22. The van der Waals surface area contributed by atoms with Crippen molar-refractivity contribution in [2.75, 3.05) is 31.9 Å². The Morgan fingerprint density at radius 1 is 1.19 bits per heavy atom. The Balaban J connectivity index is 0.00000364. The minimum Gasteiger partial charge on any atom is -0.357 e. The largest absolute Gasteiger partial charge is 0.357 e. The van der Waals surface area contributed by atoms with E-state index < -0.39 is 10.0 Å². The van der Waals surface area contributed by atoms with Gasteiger partial charge in [0.1, 0.15) is 0 Å². The highest BCUT2D eigenvalue weighted by atomic mass is 127. The molecule has 8 heteroatoms. The van der Waals surface area contributed by atoms with Gasteiger partial charge in [-0.2, -0.15) is 0 Å². The topological polar surface area (TPSA) is 82.6 Å². The van der Waals surface area contributed by atoms with Crippen LogP contribution in [0.15, 0.2) is 35.3 Å². The molecule has 0 aromatic heterocycles. The van der Waals surface area contributed by atoms with Crippen molar-refractivity contribution in [2.24, 2.45) is 10.9 Å². The standard InChI is InChI=1S/C19H32N4O2S.HI/c1-2-20-19(21-13-7-12-17-8-4-3-5-9-17)22-14-15-26(24,25)23-16-18-10-6-11-18;/h3-5,8-9,18,23H,2,6-7,10-16H2,1H3,(H2,20,21,22);1H. The molecule has 1 aliphatic rings. The number of halogens is 1. The van der Waals surface area contributed by atoms with Crippen LogP contribution in [0.4, 0.5) is 0 Å². The number of nitrogens with zero attached hydrogens (tertiary/aromatic N) is 1. The van der Waals surface area contributed by atoms with Crippen LogP contribution in [0, 0.1) is 5.92 Å². The molecule has 0 aliphatic heterocycles. The van der Waals surface area contributed by atoms with Crippen LogP contribution in [0.1, 0.15) is 38.2 Å². The van der Waals surface area contributed by atoms with E-state index >= 15 is 0 Å². The normalized spacial score (nSPS) is 14.9. The van der Waals surface area contributed by atoms with Gasteiger partial charge < -0.3 is 10.6 Å². The molecule has 1 aromatic rings. The lowest BCUT2D eigenvalue weighted by molar-refractivity contribution is 0.316. The molecule has 0 heterocycles. The number of guanidine groups is 1. The van der Waals surface area contributed by atoms with Crippen LogP contribution in [0.25, 0.3) is 0 Å². The molecule has 2 rings (SSSR count). The highest BCUT2D eigenvalue weighted by Gasteiger charge is 2.19. The number of aryl methyl sites for hydroxylation is 1. The van der Waals surface area contributed by atoms with E-state index in [1.165, 1.54) is 12.0 Å². The summed E-state index contributed by atoms with van der Waals surface area (Å²) in [6, 6.07) is 10.3. The molecule has 0 saturated heterocycles. The molecule has 0 radical (unpaired) electrons. The highest BCUT2D eigenvalue weighted by molar-refractivity contribution is 14.0. The number of sulfonamides is 1. The van der Waals surface area contributed by atoms with Crippen molar-refractivity contribution in [2.45, 2.75) is 39.0 Å². The van der Waals surface area contributed by atoms with Crippen molar-refractivity contribution >= 4 is 40.0 Å². The quantitative estimate of drug-likeness (QED) is 0.186. The minimum absolute atomic E-state index is 0. The smallest absolute Gasteiger partial charge is 0.213 e. The molecular weight excluding hydrogens is 475 g/mol. The van der Waals surface area contributed by atoms with E-state index in [1.807, 2.05) is 25.1 Å². The molecule has 0 amide bonds. The molecule has 3 N–H and O–H groups in total. The van der Waals surface area contributed by atoms with Crippen LogP contribution in [-0.2, 0) is 16.4 Å². The number of rotatable bonds is 11.